The van der Waals surface area contributed by atoms with Gasteiger partial charge in [0.25, 0.3) is 0 Å². The van der Waals surface area contributed by atoms with Gasteiger partial charge in [0.1, 0.15) is 17.4 Å². The first-order chi connectivity index (χ1) is 14.2. The molecule has 0 bridgehead atoms. The van der Waals surface area contributed by atoms with E-state index in [1.54, 1.807) is 6.08 Å². The Balaban J connectivity index is 1.51. The molecule has 0 aliphatic carbocycles. The second-order valence-electron chi connectivity index (χ2n) is 6.62. The maximum absolute atomic E-state index is 12.1. The molecule has 1 N–H and O–H groups in total. The Morgan fingerprint density at radius 3 is 2.48 bits per heavy atom. The fourth-order valence-electron chi connectivity index (χ4n) is 2.82. The highest BCUT2D eigenvalue weighted by Gasteiger charge is 2.13. The van der Waals surface area contributed by atoms with Gasteiger partial charge < -0.3 is 4.74 Å². The molecule has 6 heteroatoms. The van der Waals surface area contributed by atoms with Crippen molar-refractivity contribution in [3.63, 3.8) is 0 Å². The molecule has 0 unspecified atom stereocenters. The van der Waals surface area contributed by atoms with Crippen LogP contribution in [0.4, 0.5) is 5.13 Å². The highest BCUT2D eigenvalue weighted by molar-refractivity contribution is 7.15. The molecule has 0 radical (unpaired) electrons. The summed E-state index contributed by atoms with van der Waals surface area (Å²) in [6.45, 7) is 4.79. The Labute approximate surface area is 175 Å². The number of rotatable bonds is 9. The SMILES string of the molecule is CCC(CC)c1nnc(NC(=O)/C=C/c2ccc(OCc3ccccc3)cc2)s1. The molecular formula is C23H25N3O2S. The van der Waals surface area contributed by atoms with Gasteiger partial charge in [-0.25, -0.2) is 0 Å². The van der Waals surface area contributed by atoms with Crippen LogP contribution in [0.3, 0.4) is 0 Å². The minimum atomic E-state index is -0.221. The molecule has 0 atom stereocenters. The van der Waals surface area contributed by atoms with E-state index in [1.807, 2.05) is 54.6 Å². The van der Waals surface area contributed by atoms with E-state index < -0.39 is 0 Å². The number of ether oxygens (including phenoxy) is 1. The van der Waals surface area contributed by atoms with Crippen molar-refractivity contribution in [2.45, 2.75) is 39.2 Å². The van der Waals surface area contributed by atoms with Gasteiger partial charge in [0, 0.05) is 12.0 Å². The van der Waals surface area contributed by atoms with Crippen molar-refractivity contribution in [3.8, 4) is 5.75 Å². The summed E-state index contributed by atoms with van der Waals surface area (Å²) < 4.78 is 5.77. The standard InChI is InChI=1S/C23H25N3O2S/c1-3-19(4-2)22-25-26-23(29-22)24-21(27)15-12-17-10-13-20(14-11-17)28-16-18-8-6-5-7-9-18/h5-15,19H,3-4,16H2,1-2H3,(H,24,26,27)/b15-12+. The maximum Gasteiger partial charge on any atom is 0.250 e. The molecular weight excluding hydrogens is 382 g/mol. The predicted molar refractivity (Wildman–Crippen MR) is 118 cm³/mol. The summed E-state index contributed by atoms with van der Waals surface area (Å²) in [5.41, 5.74) is 2.04. The van der Waals surface area contributed by atoms with Crippen LogP contribution in [0.15, 0.2) is 60.7 Å². The molecule has 150 valence electrons. The highest BCUT2D eigenvalue weighted by atomic mass is 32.1. The first kappa shape index (κ1) is 20.7. The Bertz CT molecular complexity index is 932. The Morgan fingerprint density at radius 2 is 1.79 bits per heavy atom. The lowest BCUT2D eigenvalue weighted by molar-refractivity contribution is -0.111. The van der Waals surface area contributed by atoms with Crippen LogP contribution in [0, 0.1) is 0 Å². The van der Waals surface area contributed by atoms with Crippen molar-refractivity contribution in [3.05, 3.63) is 76.8 Å². The van der Waals surface area contributed by atoms with Gasteiger partial charge in [0.2, 0.25) is 11.0 Å². The van der Waals surface area contributed by atoms with Gasteiger partial charge in [0.05, 0.1) is 0 Å². The number of nitrogens with zero attached hydrogens (tertiary/aromatic N) is 2. The molecule has 1 heterocycles. The number of amides is 1. The minimum absolute atomic E-state index is 0.221. The van der Waals surface area contributed by atoms with E-state index in [-0.39, 0.29) is 5.91 Å². The lowest BCUT2D eigenvalue weighted by Crippen LogP contribution is -2.07. The summed E-state index contributed by atoms with van der Waals surface area (Å²) in [4.78, 5) is 12.1. The van der Waals surface area contributed by atoms with E-state index in [9.17, 15) is 4.79 Å². The van der Waals surface area contributed by atoms with Crippen molar-refractivity contribution in [2.75, 3.05) is 5.32 Å². The Kier molecular flexibility index (Phi) is 7.53. The summed E-state index contributed by atoms with van der Waals surface area (Å²) in [5.74, 6) is 0.969. The third-order valence-electron chi connectivity index (χ3n) is 4.56. The smallest absolute Gasteiger partial charge is 0.250 e. The average molecular weight is 408 g/mol. The van der Waals surface area contributed by atoms with Crippen LogP contribution in [0.2, 0.25) is 0 Å². The van der Waals surface area contributed by atoms with Gasteiger partial charge in [-0.1, -0.05) is 67.6 Å². The normalized spacial score (nSPS) is 11.1. The third-order valence-corrected chi connectivity index (χ3v) is 5.56. The molecule has 0 fully saturated rings. The van der Waals surface area contributed by atoms with Gasteiger partial charge in [-0.3, -0.25) is 10.1 Å². The van der Waals surface area contributed by atoms with Gasteiger partial charge in [-0.2, -0.15) is 0 Å². The molecule has 0 saturated carbocycles. The van der Waals surface area contributed by atoms with E-state index in [4.69, 9.17) is 4.74 Å². The van der Waals surface area contributed by atoms with E-state index in [0.717, 1.165) is 34.7 Å². The predicted octanol–water partition coefficient (Wildman–Crippen LogP) is 5.67. The summed E-state index contributed by atoms with van der Waals surface area (Å²) in [6.07, 6.45) is 5.30. The van der Waals surface area contributed by atoms with Gasteiger partial charge >= 0.3 is 0 Å². The van der Waals surface area contributed by atoms with E-state index in [2.05, 4.69) is 29.4 Å². The number of aromatic nitrogens is 2. The van der Waals surface area contributed by atoms with Crippen LogP contribution in [0.5, 0.6) is 5.75 Å². The van der Waals surface area contributed by atoms with E-state index in [0.29, 0.717) is 17.7 Å². The third kappa shape index (κ3) is 6.26. The van der Waals surface area contributed by atoms with Crippen molar-refractivity contribution < 1.29 is 9.53 Å². The molecule has 0 spiro atoms. The monoisotopic (exact) mass is 407 g/mol. The number of hydrogen-bond donors (Lipinski definition) is 1. The summed E-state index contributed by atoms with van der Waals surface area (Å²) in [7, 11) is 0. The highest BCUT2D eigenvalue weighted by Crippen LogP contribution is 2.28. The molecule has 1 aromatic heterocycles. The number of anilines is 1. The van der Waals surface area contributed by atoms with E-state index >= 15 is 0 Å². The molecule has 0 saturated heterocycles. The fourth-order valence-corrected chi connectivity index (χ4v) is 3.84. The summed E-state index contributed by atoms with van der Waals surface area (Å²) in [5, 5.41) is 12.6. The quantitative estimate of drug-likeness (QED) is 0.464. The Hall–Kier alpha value is -2.99. The summed E-state index contributed by atoms with van der Waals surface area (Å²) >= 11 is 1.44. The minimum Gasteiger partial charge on any atom is -0.489 e. The van der Waals surface area contributed by atoms with Crippen molar-refractivity contribution in [1.82, 2.24) is 10.2 Å². The number of carbonyl (C=O) groups excluding carboxylic acids is 1. The largest absolute Gasteiger partial charge is 0.489 e. The molecule has 5 nitrogen and oxygen atoms in total. The zero-order chi connectivity index (χ0) is 20.5. The molecule has 0 aliphatic rings. The molecule has 29 heavy (non-hydrogen) atoms. The van der Waals surface area contributed by atoms with Crippen LogP contribution in [0.25, 0.3) is 6.08 Å². The number of hydrogen-bond acceptors (Lipinski definition) is 5. The van der Waals surface area contributed by atoms with Crippen LogP contribution in [0.1, 0.15) is 48.7 Å². The second kappa shape index (κ2) is 10.5. The molecule has 1 amide bonds. The zero-order valence-electron chi connectivity index (χ0n) is 16.7. The number of nitrogens with one attached hydrogen (secondary N) is 1. The van der Waals surface area contributed by atoms with Crippen LogP contribution < -0.4 is 10.1 Å². The molecule has 3 aromatic rings. The van der Waals surface area contributed by atoms with Gasteiger partial charge in [0.15, 0.2) is 0 Å². The lowest BCUT2D eigenvalue weighted by Gasteiger charge is -2.06. The summed E-state index contributed by atoms with van der Waals surface area (Å²) in [6, 6.07) is 17.7. The first-order valence-corrected chi connectivity index (χ1v) is 10.6. The van der Waals surface area contributed by atoms with E-state index in [1.165, 1.54) is 17.4 Å². The molecule has 0 aliphatic heterocycles. The van der Waals surface area contributed by atoms with Crippen molar-refractivity contribution >= 4 is 28.5 Å². The van der Waals surface area contributed by atoms with Crippen LogP contribution in [-0.2, 0) is 11.4 Å². The Morgan fingerprint density at radius 1 is 1.07 bits per heavy atom. The lowest BCUT2D eigenvalue weighted by atomic mass is 10.1. The van der Waals surface area contributed by atoms with Gasteiger partial charge in [-0.05, 0) is 42.2 Å². The van der Waals surface area contributed by atoms with Crippen LogP contribution >= 0.6 is 11.3 Å². The van der Waals surface area contributed by atoms with Crippen LogP contribution in [-0.4, -0.2) is 16.1 Å². The average Bonchev–Trinajstić information content (AvgIpc) is 3.21. The number of carbonyl (C=O) groups is 1. The van der Waals surface area contributed by atoms with Gasteiger partial charge in [-0.15, -0.1) is 10.2 Å². The number of benzene rings is 2. The second-order valence-corrected chi connectivity index (χ2v) is 7.63. The first-order valence-electron chi connectivity index (χ1n) is 9.77. The zero-order valence-corrected chi connectivity index (χ0v) is 17.5. The topological polar surface area (TPSA) is 64.1 Å². The maximum atomic E-state index is 12.1. The fraction of sp³-hybridized carbons (Fsp3) is 0.261. The van der Waals surface area contributed by atoms with Crippen molar-refractivity contribution in [1.29, 1.82) is 0 Å². The molecule has 3 rings (SSSR count). The molecule has 2 aromatic carbocycles. The van der Waals surface area contributed by atoms with Crippen molar-refractivity contribution in [2.24, 2.45) is 0 Å².